The molecule has 1 aliphatic rings. The van der Waals surface area contributed by atoms with Gasteiger partial charge in [-0.05, 0) is 20.8 Å². The van der Waals surface area contributed by atoms with Crippen molar-refractivity contribution in [2.75, 3.05) is 5.32 Å². The lowest BCUT2D eigenvalue weighted by atomic mass is 10.1. The summed E-state index contributed by atoms with van der Waals surface area (Å²) in [5.41, 5.74) is 0.609. The standard InChI is InChI=1S/C17H19F3N8O4/c1-6(2)24-12-8-14(22-4-21-12)28(5-23-8)15-9(29)10(32-16(30)17(18,19)20)11(31-15)13-25-7(3)26-27-13/h4-6,9-11,15,29H,1-3H3,(H,21,22,24)(H,25,26,27)/t9-,10+,11+,15-/m1/s1. The first-order valence-electron chi connectivity index (χ1n) is 9.50. The van der Waals surface area contributed by atoms with Crippen LogP contribution in [-0.4, -0.2) is 70.2 Å². The van der Waals surface area contributed by atoms with Gasteiger partial charge in [0.2, 0.25) is 0 Å². The van der Waals surface area contributed by atoms with Gasteiger partial charge in [-0.3, -0.25) is 9.67 Å². The van der Waals surface area contributed by atoms with Gasteiger partial charge in [0.1, 0.15) is 18.3 Å². The summed E-state index contributed by atoms with van der Waals surface area (Å²) in [7, 11) is 0. The number of aromatic amines is 1. The van der Waals surface area contributed by atoms with Crippen molar-refractivity contribution in [3.05, 3.63) is 24.3 Å². The number of nitrogens with zero attached hydrogens (tertiary/aromatic N) is 6. The predicted octanol–water partition coefficient (Wildman–Crippen LogP) is 1.18. The number of aryl methyl sites for hydroxylation is 1. The summed E-state index contributed by atoms with van der Waals surface area (Å²) in [4.78, 5) is 28.0. The van der Waals surface area contributed by atoms with E-state index in [1.807, 2.05) is 13.8 Å². The van der Waals surface area contributed by atoms with Crippen molar-refractivity contribution < 1.29 is 32.5 Å². The van der Waals surface area contributed by atoms with Crippen LogP contribution in [-0.2, 0) is 14.3 Å². The number of halogens is 3. The number of aliphatic hydroxyl groups excluding tert-OH is 1. The van der Waals surface area contributed by atoms with Crippen LogP contribution >= 0.6 is 0 Å². The van der Waals surface area contributed by atoms with Gasteiger partial charge in [0.05, 0.1) is 6.33 Å². The first-order chi connectivity index (χ1) is 15.1. The quantitative estimate of drug-likeness (QED) is 0.477. The molecular weight excluding hydrogens is 437 g/mol. The summed E-state index contributed by atoms with van der Waals surface area (Å²) in [6, 6.07) is 0.0380. The first kappa shape index (κ1) is 21.9. The Morgan fingerprint density at radius 3 is 2.72 bits per heavy atom. The highest BCUT2D eigenvalue weighted by Gasteiger charge is 2.53. The van der Waals surface area contributed by atoms with E-state index in [2.05, 4.69) is 40.2 Å². The third-order valence-corrected chi connectivity index (χ3v) is 4.62. The van der Waals surface area contributed by atoms with Gasteiger partial charge in [-0.15, -0.1) is 0 Å². The summed E-state index contributed by atoms with van der Waals surface area (Å²) < 4.78 is 50.1. The Kier molecular flexibility index (Phi) is 5.46. The topological polar surface area (TPSA) is 153 Å². The number of rotatable bonds is 5. The number of alkyl halides is 3. The monoisotopic (exact) mass is 456 g/mol. The lowest BCUT2D eigenvalue weighted by molar-refractivity contribution is -0.210. The van der Waals surface area contributed by atoms with Crippen LogP contribution in [0.5, 0.6) is 0 Å². The second-order valence-electron chi connectivity index (χ2n) is 7.43. The molecule has 3 aromatic heterocycles. The van der Waals surface area contributed by atoms with Crippen molar-refractivity contribution >= 4 is 23.0 Å². The van der Waals surface area contributed by atoms with Gasteiger partial charge in [-0.25, -0.2) is 24.7 Å². The van der Waals surface area contributed by atoms with E-state index in [0.717, 1.165) is 0 Å². The van der Waals surface area contributed by atoms with E-state index in [0.29, 0.717) is 17.2 Å². The molecule has 0 amide bonds. The fraction of sp³-hybridized carbons (Fsp3) is 0.529. The number of hydrogen-bond acceptors (Lipinski definition) is 10. The van der Waals surface area contributed by atoms with Crippen LogP contribution in [0.2, 0.25) is 0 Å². The lowest BCUT2D eigenvalue weighted by Crippen LogP contribution is -2.38. The molecule has 0 aromatic carbocycles. The number of fused-ring (bicyclic) bond motifs is 1. The van der Waals surface area contributed by atoms with E-state index in [9.17, 15) is 23.1 Å². The second-order valence-corrected chi connectivity index (χ2v) is 7.43. The Morgan fingerprint density at radius 2 is 2.09 bits per heavy atom. The molecule has 0 radical (unpaired) electrons. The summed E-state index contributed by atoms with van der Waals surface area (Å²) in [6.07, 6.45) is -8.81. The van der Waals surface area contributed by atoms with Crippen LogP contribution in [0.1, 0.15) is 37.8 Å². The fourth-order valence-electron chi connectivity index (χ4n) is 3.31. The Hall–Kier alpha value is -3.33. The molecule has 4 atom stereocenters. The molecule has 3 N–H and O–H groups in total. The summed E-state index contributed by atoms with van der Waals surface area (Å²) in [6.45, 7) is 5.37. The van der Waals surface area contributed by atoms with Gasteiger partial charge < -0.3 is 19.9 Å². The van der Waals surface area contributed by atoms with E-state index in [1.54, 1.807) is 6.92 Å². The Labute approximate surface area is 178 Å². The lowest BCUT2D eigenvalue weighted by Gasteiger charge is -2.20. The van der Waals surface area contributed by atoms with Crippen molar-refractivity contribution in [2.24, 2.45) is 0 Å². The zero-order valence-corrected chi connectivity index (χ0v) is 17.0. The van der Waals surface area contributed by atoms with Crippen LogP contribution in [0.4, 0.5) is 19.0 Å². The molecule has 15 heteroatoms. The second kappa shape index (κ2) is 7.98. The number of carbonyl (C=O) groups is 1. The zero-order valence-electron chi connectivity index (χ0n) is 17.0. The molecular formula is C17H19F3N8O4. The maximum Gasteiger partial charge on any atom is 0.490 e. The van der Waals surface area contributed by atoms with Crippen LogP contribution in [0.3, 0.4) is 0 Å². The van der Waals surface area contributed by atoms with Crippen molar-refractivity contribution in [1.29, 1.82) is 0 Å². The maximum absolute atomic E-state index is 12.8. The number of esters is 1. The largest absolute Gasteiger partial charge is 0.490 e. The highest BCUT2D eigenvalue weighted by Crippen LogP contribution is 2.41. The van der Waals surface area contributed by atoms with Gasteiger partial charge in [0.25, 0.3) is 0 Å². The molecule has 172 valence electrons. The summed E-state index contributed by atoms with van der Waals surface area (Å²) >= 11 is 0. The van der Waals surface area contributed by atoms with Gasteiger partial charge >= 0.3 is 12.1 Å². The Balaban J connectivity index is 1.71. The predicted molar refractivity (Wildman–Crippen MR) is 100 cm³/mol. The van der Waals surface area contributed by atoms with Crippen LogP contribution in [0, 0.1) is 6.92 Å². The molecule has 1 saturated heterocycles. The number of imidazole rings is 1. The van der Waals surface area contributed by atoms with E-state index < -0.39 is 36.7 Å². The molecule has 0 spiro atoms. The SMILES string of the molecule is Cc1nc([C@H]2O[C@@H](n3cnc4c(NC(C)C)ncnc43)[C@H](O)[C@@H]2OC(=O)C(F)(F)F)n[nH]1. The van der Waals surface area contributed by atoms with E-state index >= 15 is 0 Å². The van der Waals surface area contributed by atoms with Crippen molar-refractivity contribution in [3.63, 3.8) is 0 Å². The number of H-pyrrole nitrogens is 1. The molecule has 4 heterocycles. The third-order valence-electron chi connectivity index (χ3n) is 4.62. The van der Waals surface area contributed by atoms with Crippen LogP contribution in [0.25, 0.3) is 11.2 Å². The minimum absolute atomic E-state index is 0.0380. The number of nitrogens with one attached hydrogen (secondary N) is 2. The molecule has 12 nitrogen and oxygen atoms in total. The molecule has 1 fully saturated rings. The van der Waals surface area contributed by atoms with Crippen molar-refractivity contribution in [2.45, 2.75) is 57.5 Å². The zero-order chi connectivity index (χ0) is 23.2. The average Bonchev–Trinajstić information content (AvgIpc) is 3.39. The molecule has 3 aromatic rings. The number of aliphatic hydroxyl groups is 1. The summed E-state index contributed by atoms with van der Waals surface area (Å²) in [5.74, 6) is -1.76. The minimum atomic E-state index is -5.26. The number of ether oxygens (including phenoxy) is 2. The van der Waals surface area contributed by atoms with E-state index in [-0.39, 0.29) is 17.5 Å². The summed E-state index contributed by atoms with van der Waals surface area (Å²) in [5, 5.41) is 20.3. The van der Waals surface area contributed by atoms with Crippen molar-refractivity contribution in [1.82, 2.24) is 34.7 Å². The third kappa shape index (κ3) is 3.95. The smallest absolute Gasteiger partial charge is 0.449 e. The van der Waals surface area contributed by atoms with Crippen LogP contribution in [0.15, 0.2) is 12.7 Å². The normalized spacial score (nSPS) is 23.8. The van der Waals surface area contributed by atoms with Gasteiger partial charge in [-0.1, -0.05) is 0 Å². The van der Waals surface area contributed by atoms with Crippen molar-refractivity contribution in [3.8, 4) is 0 Å². The van der Waals surface area contributed by atoms with E-state index in [1.165, 1.54) is 17.2 Å². The number of hydrogen-bond donors (Lipinski definition) is 3. The highest BCUT2D eigenvalue weighted by atomic mass is 19.4. The van der Waals surface area contributed by atoms with Gasteiger partial charge in [0, 0.05) is 6.04 Å². The van der Waals surface area contributed by atoms with Crippen LogP contribution < -0.4 is 5.32 Å². The molecule has 0 unspecified atom stereocenters. The highest BCUT2D eigenvalue weighted by molar-refractivity contribution is 5.82. The number of carbonyl (C=O) groups excluding carboxylic acids is 1. The molecule has 32 heavy (non-hydrogen) atoms. The van der Waals surface area contributed by atoms with E-state index in [4.69, 9.17) is 4.74 Å². The van der Waals surface area contributed by atoms with Gasteiger partial charge in [-0.2, -0.15) is 18.3 Å². The fourth-order valence-corrected chi connectivity index (χ4v) is 3.31. The van der Waals surface area contributed by atoms with Gasteiger partial charge in [0.15, 0.2) is 41.2 Å². The number of anilines is 1. The molecule has 0 saturated carbocycles. The molecule has 0 bridgehead atoms. The Morgan fingerprint density at radius 1 is 1.34 bits per heavy atom. The number of aromatic nitrogens is 7. The Bertz CT molecular complexity index is 1130. The molecule has 4 rings (SSSR count). The average molecular weight is 456 g/mol. The minimum Gasteiger partial charge on any atom is -0.449 e. The maximum atomic E-state index is 12.8. The first-order valence-corrected chi connectivity index (χ1v) is 9.50. The molecule has 1 aliphatic heterocycles. The molecule has 0 aliphatic carbocycles.